The van der Waals surface area contributed by atoms with E-state index in [1.54, 1.807) is 6.07 Å². The van der Waals surface area contributed by atoms with Gasteiger partial charge in [-0.25, -0.2) is 18.7 Å². The largest absolute Gasteiger partial charge is 0.486 e. The van der Waals surface area contributed by atoms with Crippen molar-refractivity contribution >= 4 is 11.6 Å². The van der Waals surface area contributed by atoms with Gasteiger partial charge in [-0.3, -0.25) is 4.90 Å². The van der Waals surface area contributed by atoms with Crippen LogP contribution in [0, 0.1) is 11.6 Å². The van der Waals surface area contributed by atoms with E-state index in [2.05, 4.69) is 30.4 Å². The molecule has 3 aliphatic rings. The highest BCUT2D eigenvalue weighted by molar-refractivity contribution is 5.72. The van der Waals surface area contributed by atoms with Gasteiger partial charge >= 0.3 is 0 Å². The summed E-state index contributed by atoms with van der Waals surface area (Å²) in [7, 11) is 0. The van der Waals surface area contributed by atoms with Gasteiger partial charge in [-0.05, 0) is 51.7 Å². The van der Waals surface area contributed by atoms with E-state index in [0.29, 0.717) is 36.4 Å². The Morgan fingerprint density at radius 1 is 1.06 bits per heavy atom. The average Bonchev–Trinajstić information content (AvgIpc) is 2.86. The van der Waals surface area contributed by atoms with E-state index in [4.69, 9.17) is 4.74 Å². The molecule has 5 rings (SSSR count). The predicted octanol–water partition coefficient (Wildman–Crippen LogP) is 3.66. The number of hydrogen-bond donors (Lipinski definition) is 2. The molecule has 1 aromatic heterocycles. The molecular weight excluding hydrogens is 438 g/mol. The van der Waals surface area contributed by atoms with E-state index in [-0.39, 0.29) is 23.5 Å². The summed E-state index contributed by atoms with van der Waals surface area (Å²) in [4.78, 5) is 13.3. The van der Waals surface area contributed by atoms with Crippen molar-refractivity contribution in [1.29, 1.82) is 0 Å². The molecule has 0 unspecified atom stereocenters. The first-order valence-electron chi connectivity index (χ1n) is 12.5. The zero-order valence-corrected chi connectivity index (χ0v) is 20.0. The van der Waals surface area contributed by atoms with E-state index < -0.39 is 11.6 Å². The van der Waals surface area contributed by atoms with Gasteiger partial charge in [0.15, 0.2) is 17.4 Å². The Labute approximate surface area is 199 Å². The first-order chi connectivity index (χ1) is 16.5. The van der Waals surface area contributed by atoms with Crippen molar-refractivity contribution in [3.8, 4) is 17.0 Å². The third-order valence-corrected chi connectivity index (χ3v) is 7.25. The van der Waals surface area contributed by atoms with Crippen LogP contribution in [-0.4, -0.2) is 72.3 Å². The van der Waals surface area contributed by atoms with Crippen molar-refractivity contribution in [1.82, 2.24) is 20.2 Å². The van der Waals surface area contributed by atoms with Gasteiger partial charge in [0.25, 0.3) is 0 Å². The minimum atomic E-state index is -0.569. The summed E-state index contributed by atoms with van der Waals surface area (Å²) < 4.78 is 35.3. The zero-order valence-electron chi connectivity index (χ0n) is 20.0. The van der Waals surface area contributed by atoms with Gasteiger partial charge in [0.2, 0.25) is 5.95 Å². The molecule has 0 atom stereocenters. The average molecular weight is 473 g/mol. The maximum atomic E-state index is 14.9. The SMILES string of the molecule is CC(C)N1CCOc2c(F)cc(-c3nc(NC4CCC(N5CCNCC5)CC4)ncc3F)cc21. The monoisotopic (exact) mass is 472 g/mol. The molecule has 9 heteroatoms. The summed E-state index contributed by atoms with van der Waals surface area (Å²) >= 11 is 0. The van der Waals surface area contributed by atoms with E-state index >= 15 is 0 Å². The second kappa shape index (κ2) is 10.00. The Hall–Kier alpha value is -2.52. The molecule has 2 N–H and O–H groups in total. The van der Waals surface area contributed by atoms with Gasteiger partial charge in [-0.15, -0.1) is 0 Å². The smallest absolute Gasteiger partial charge is 0.223 e. The number of piperazine rings is 1. The second-order valence-electron chi connectivity index (χ2n) is 9.77. The van der Waals surface area contributed by atoms with Gasteiger partial charge in [-0.1, -0.05) is 0 Å². The number of ether oxygens (including phenoxy) is 1. The lowest BCUT2D eigenvalue weighted by Crippen LogP contribution is -2.50. The molecule has 3 heterocycles. The number of halogens is 2. The molecule has 34 heavy (non-hydrogen) atoms. The molecule has 1 saturated carbocycles. The lowest BCUT2D eigenvalue weighted by atomic mass is 9.90. The molecule has 0 amide bonds. The minimum absolute atomic E-state index is 0.1000. The Bertz CT molecular complexity index is 1010. The molecule has 1 aliphatic carbocycles. The minimum Gasteiger partial charge on any atom is -0.486 e. The van der Waals surface area contributed by atoms with Crippen LogP contribution >= 0.6 is 0 Å². The number of rotatable bonds is 5. The summed E-state index contributed by atoms with van der Waals surface area (Å²) in [5.41, 5.74) is 1.12. The summed E-state index contributed by atoms with van der Waals surface area (Å²) in [6.07, 6.45) is 5.49. The van der Waals surface area contributed by atoms with Crippen LogP contribution in [0.1, 0.15) is 39.5 Å². The van der Waals surface area contributed by atoms with E-state index in [9.17, 15) is 8.78 Å². The molecule has 1 aromatic carbocycles. The first kappa shape index (κ1) is 23.2. The van der Waals surface area contributed by atoms with Gasteiger partial charge in [0, 0.05) is 49.9 Å². The van der Waals surface area contributed by atoms with Crippen molar-refractivity contribution in [2.75, 3.05) is 49.5 Å². The molecule has 2 aromatic rings. The van der Waals surface area contributed by atoms with Crippen LogP contribution in [0.15, 0.2) is 18.3 Å². The summed E-state index contributed by atoms with van der Waals surface area (Å²) in [6, 6.07) is 4.13. The number of anilines is 2. The number of nitrogens with zero attached hydrogens (tertiary/aromatic N) is 4. The van der Waals surface area contributed by atoms with Crippen molar-refractivity contribution in [2.24, 2.45) is 0 Å². The number of benzene rings is 1. The summed E-state index contributed by atoms with van der Waals surface area (Å²) in [5.74, 6) is -0.466. The number of fused-ring (bicyclic) bond motifs is 1. The van der Waals surface area contributed by atoms with Crippen molar-refractivity contribution < 1.29 is 13.5 Å². The molecule has 0 spiro atoms. The van der Waals surface area contributed by atoms with Crippen molar-refractivity contribution in [3.05, 3.63) is 30.0 Å². The topological polar surface area (TPSA) is 65.6 Å². The van der Waals surface area contributed by atoms with Crippen LogP contribution in [0.3, 0.4) is 0 Å². The highest BCUT2D eigenvalue weighted by Crippen LogP contribution is 2.39. The van der Waals surface area contributed by atoms with Gasteiger partial charge in [0.05, 0.1) is 18.4 Å². The molecule has 184 valence electrons. The van der Waals surface area contributed by atoms with Crippen molar-refractivity contribution in [2.45, 2.75) is 57.7 Å². The summed E-state index contributed by atoms with van der Waals surface area (Å²) in [5, 5.41) is 6.81. The van der Waals surface area contributed by atoms with Crippen LogP contribution in [0.4, 0.5) is 20.4 Å². The highest BCUT2D eigenvalue weighted by Gasteiger charge is 2.28. The van der Waals surface area contributed by atoms with Gasteiger partial charge < -0.3 is 20.3 Å². The van der Waals surface area contributed by atoms with Crippen LogP contribution in [0.2, 0.25) is 0 Å². The van der Waals surface area contributed by atoms with Crippen LogP contribution in [0.25, 0.3) is 11.3 Å². The lowest BCUT2D eigenvalue weighted by molar-refractivity contribution is 0.135. The molecule has 7 nitrogen and oxygen atoms in total. The molecular formula is C25H34F2N6O. The number of aromatic nitrogens is 2. The zero-order chi connectivity index (χ0) is 23.7. The fourth-order valence-electron chi connectivity index (χ4n) is 5.43. The van der Waals surface area contributed by atoms with E-state index in [1.165, 1.54) is 12.3 Å². The van der Waals surface area contributed by atoms with Crippen LogP contribution < -0.4 is 20.3 Å². The molecule has 0 bridgehead atoms. The van der Waals surface area contributed by atoms with Gasteiger partial charge in [-0.2, -0.15) is 0 Å². The normalized spacial score (nSPS) is 23.5. The standard InChI is InChI=1S/C25H34F2N6O/c1-16(2)33-11-12-34-24-20(26)13-17(14-22(24)33)23-21(27)15-29-25(31-23)30-18-3-5-19(6-4-18)32-9-7-28-8-10-32/h13-16,18-19,28H,3-12H2,1-2H3,(H,29,30,31). The molecule has 2 fully saturated rings. The third kappa shape index (κ3) is 4.81. The fourth-order valence-corrected chi connectivity index (χ4v) is 5.43. The molecule has 0 radical (unpaired) electrons. The molecule has 1 saturated heterocycles. The maximum Gasteiger partial charge on any atom is 0.223 e. The third-order valence-electron chi connectivity index (χ3n) is 7.25. The van der Waals surface area contributed by atoms with Crippen LogP contribution in [0.5, 0.6) is 5.75 Å². The number of nitrogens with one attached hydrogen (secondary N) is 2. The first-order valence-corrected chi connectivity index (χ1v) is 12.5. The van der Waals surface area contributed by atoms with Gasteiger partial charge in [0.1, 0.15) is 12.3 Å². The highest BCUT2D eigenvalue weighted by atomic mass is 19.1. The molecule has 2 aliphatic heterocycles. The fraction of sp³-hybridized carbons (Fsp3) is 0.600. The van der Waals surface area contributed by atoms with E-state index in [1.807, 2.05) is 13.8 Å². The maximum absolute atomic E-state index is 14.9. The Morgan fingerprint density at radius 2 is 1.82 bits per heavy atom. The quantitative estimate of drug-likeness (QED) is 0.689. The summed E-state index contributed by atoms with van der Waals surface area (Å²) in [6.45, 7) is 9.53. The Balaban J connectivity index is 1.32. The number of hydrogen-bond acceptors (Lipinski definition) is 7. The van der Waals surface area contributed by atoms with E-state index in [0.717, 1.165) is 51.9 Å². The lowest BCUT2D eigenvalue weighted by Gasteiger charge is -2.39. The predicted molar refractivity (Wildman–Crippen MR) is 129 cm³/mol. The second-order valence-corrected chi connectivity index (χ2v) is 9.77. The van der Waals surface area contributed by atoms with Crippen LogP contribution in [-0.2, 0) is 0 Å². The van der Waals surface area contributed by atoms with Crippen molar-refractivity contribution in [3.63, 3.8) is 0 Å². The Morgan fingerprint density at radius 3 is 2.56 bits per heavy atom. The Kier molecular flexibility index (Phi) is 6.83.